The lowest BCUT2D eigenvalue weighted by atomic mass is 10.0. The molecule has 1 heterocycles. The number of thioether (sulfide) groups is 1. The summed E-state index contributed by atoms with van der Waals surface area (Å²) in [5.41, 5.74) is 6.79. The minimum Gasteiger partial charge on any atom is -0.508 e. The third-order valence-electron chi connectivity index (χ3n) is 9.91. The molecule has 0 bridgehead atoms. The maximum Gasteiger partial charge on any atom is 0.326 e. The number of carboxylic acid groups (broad SMARTS) is 1. The standard InChI is InChI=1S/C41H59N7O11S/c1-23(2)19-30(44-38(55)33-11-8-17-48(33)40(57)29(16-18-60-4)43-35(52)28(42)22-49)37(54)47-34(24(3)50)39(56)45-31(20-25-9-6-5-7-10-25)36(53)46-32(41(58)59)21-26-12-14-27(51)15-13-26/h5-7,9-10,12-15,23-24,28-34,49-51H,8,11,16-22,42H2,1-4H3,(H,43,52)(H,44,55)(H,45,56)(H,46,53)(H,47,54)(H,58,59)/t24-,28+,29+,30+,31+,32+,33+,34+/m1/s1. The molecule has 0 aliphatic carbocycles. The predicted octanol–water partition coefficient (Wildman–Crippen LogP) is -0.823. The molecule has 0 saturated carbocycles. The molecule has 0 aromatic heterocycles. The Kier molecular flexibility index (Phi) is 19.8. The molecule has 1 saturated heterocycles. The van der Waals surface area contributed by atoms with E-state index >= 15 is 0 Å². The molecule has 0 radical (unpaired) electrons. The summed E-state index contributed by atoms with van der Waals surface area (Å²) >= 11 is 1.45. The number of phenols is 1. The molecule has 60 heavy (non-hydrogen) atoms. The van der Waals surface area contributed by atoms with Crippen LogP contribution in [0.15, 0.2) is 54.6 Å². The number of carbonyl (C=O) groups is 7. The molecule has 19 heteroatoms. The Hall–Kier alpha value is -5.24. The van der Waals surface area contributed by atoms with E-state index < -0.39 is 96.4 Å². The fraction of sp³-hybridized carbons (Fsp3) is 0.537. The van der Waals surface area contributed by atoms with E-state index in [4.69, 9.17) is 5.73 Å². The van der Waals surface area contributed by atoms with Crippen LogP contribution in [0, 0.1) is 5.92 Å². The van der Waals surface area contributed by atoms with Crippen LogP contribution in [0.1, 0.15) is 57.6 Å². The number of aliphatic carboxylic acids is 1. The number of amides is 6. The minimum atomic E-state index is -1.63. The minimum absolute atomic E-state index is 0.0223. The van der Waals surface area contributed by atoms with Gasteiger partial charge in [0, 0.05) is 19.4 Å². The molecule has 11 N–H and O–H groups in total. The third-order valence-corrected chi connectivity index (χ3v) is 10.6. The number of likely N-dealkylation sites (tertiary alicyclic amines) is 1. The van der Waals surface area contributed by atoms with E-state index in [2.05, 4.69) is 26.6 Å². The van der Waals surface area contributed by atoms with Crippen LogP contribution < -0.4 is 32.3 Å². The highest BCUT2D eigenvalue weighted by Crippen LogP contribution is 2.21. The average molecular weight is 858 g/mol. The zero-order chi connectivity index (χ0) is 44.5. The molecule has 0 unspecified atom stereocenters. The lowest BCUT2D eigenvalue weighted by Crippen LogP contribution is -2.61. The number of rotatable bonds is 23. The van der Waals surface area contributed by atoms with Crippen molar-refractivity contribution in [2.45, 2.75) is 108 Å². The third kappa shape index (κ3) is 15.1. The molecule has 6 amide bonds. The molecule has 1 aliphatic heterocycles. The normalized spacial score (nSPS) is 17.3. The maximum atomic E-state index is 13.9. The fourth-order valence-electron chi connectivity index (χ4n) is 6.65. The van der Waals surface area contributed by atoms with Gasteiger partial charge >= 0.3 is 5.97 Å². The second-order valence-corrected chi connectivity index (χ2v) is 16.2. The molecule has 18 nitrogen and oxygen atoms in total. The van der Waals surface area contributed by atoms with Crippen LogP contribution in [0.2, 0.25) is 0 Å². The van der Waals surface area contributed by atoms with Crippen LogP contribution in [0.25, 0.3) is 0 Å². The monoisotopic (exact) mass is 857 g/mol. The van der Waals surface area contributed by atoms with Crippen molar-refractivity contribution in [2.75, 3.05) is 25.2 Å². The lowest BCUT2D eigenvalue weighted by molar-refractivity contribution is -0.143. The van der Waals surface area contributed by atoms with Gasteiger partial charge in [-0.25, -0.2) is 4.79 Å². The zero-order valence-corrected chi connectivity index (χ0v) is 35.2. The Balaban J connectivity index is 1.80. The Morgan fingerprint density at radius 1 is 0.783 bits per heavy atom. The Morgan fingerprint density at radius 2 is 1.37 bits per heavy atom. The molecule has 330 valence electrons. The lowest BCUT2D eigenvalue weighted by Gasteiger charge is -2.31. The number of hydrogen-bond acceptors (Lipinski definition) is 12. The van der Waals surface area contributed by atoms with Gasteiger partial charge in [-0.1, -0.05) is 56.3 Å². The summed E-state index contributed by atoms with van der Waals surface area (Å²) in [5.74, 6) is -5.50. The first kappa shape index (κ1) is 49.1. The van der Waals surface area contributed by atoms with Crippen molar-refractivity contribution >= 4 is 53.2 Å². The molecule has 0 spiro atoms. The average Bonchev–Trinajstić information content (AvgIpc) is 3.71. The van der Waals surface area contributed by atoms with Crippen molar-refractivity contribution in [2.24, 2.45) is 11.7 Å². The van der Waals surface area contributed by atoms with Gasteiger partial charge in [0.2, 0.25) is 35.4 Å². The van der Waals surface area contributed by atoms with E-state index in [1.807, 2.05) is 20.1 Å². The highest BCUT2D eigenvalue weighted by atomic mass is 32.2. The van der Waals surface area contributed by atoms with Crippen molar-refractivity contribution in [1.82, 2.24) is 31.5 Å². The Labute approximate surface area is 353 Å². The summed E-state index contributed by atoms with van der Waals surface area (Å²) < 4.78 is 0. The summed E-state index contributed by atoms with van der Waals surface area (Å²) in [5, 5.41) is 52.5. The van der Waals surface area contributed by atoms with Crippen molar-refractivity contribution in [1.29, 1.82) is 0 Å². The summed E-state index contributed by atoms with van der Waals surface area (Å²) in [6, 6.07) is 5.51. The molecular weight excluding hydrogens is 799 g/mol. The number of carboxylic acids is 1. The van der Waals surface area contributed by atoms with Gasteiger partial charge in [-0.15, -0.1) is 0 Å². The van der Waals surface area contributed by atoms with Crippen molar-refractivity contribution in [3.63, 3.8) is 0 Å². The van der Waals surface area contributed by atoms with Crippen LogP contribution in [0.5, 0.6) is 5.75 Å². The van der Waals surface area contributed by atoms with E-state index in [1.165, 1.54) is 47.9 Å². The van der Waals surface area contributed by atoms with Crippen LogP contribution in [-0.4, -0.2) is 140 Å². The summed E-state index contributed by atoms with van der Waals surface area (Å²) in [6.45, 7) is 4.46. The van der Waals surface area contributed by atoms with Crippen LogP contribution in [0.3, 0.4) is 0 Å². The number of hydrogen-bond donors (Lipinski definition) is 10. The highest BCUT2D eigenvalue weighted by molar-refractivity contribution is 7.98. The van der Waals surface area contributed by atoms with Gasteiger partial charge in [0.05, 0.1) is 12.7 Å². The van der Waals surface area contributed by atoms with Gasteiger partial charge in [-0.3, -0.25) is 28.8 Å². The number of carbonyl (C=O) groups excluding carboxylic acids is 6. The first-order valence-electron chi connectivity index (χ1n) is 19.9. The Bertz CT molecular complexity index is 1770. The van der Waals surface area contributed by atoms with Gasteiger partial charge in [-0.2, -0.15) is 11.8 Å². The molecule has 3 rings (SSSR count). The predicted molar refractivity (Wildman–Crippen MR) is 223 cm³/mol. The van der Waals surface area contributed by atoms with E-state index in [0.29, 0.717) is 23.3 Å². The number of phenolic OH excluding ortho intramolecular Hbond substituents is 1. The van der Waals surface area contributed by atoms with Crippen LogP contribution in [-0.2, 0) is 46.4 Å². The first-order valence-corrected chi connectivity index (χ1v) is 21.2. The SMILES string of the molecule is CSCC[C@H](NC(=O)[C@@H](N)CO)C(=O)N1CCC[C@H]1C(=O)N[C@@H](CC(C)C)C(=O)N[C@H](C(=O)N[C@@H](Cc1ccccc1)C(=O)N[C@@H](Cc1ccc(O)cc1)C(=O)O)[C@@H](C)O. The van der Waals surface area contributed by atoms with Gasteiger partial charge < -0.3 is 57.6 Å². The number of nitrogens with two attached hydrogens (primary N) is 1. The van der Waals surface area contributed by atoms with Gasteiger partial charge in [0.25, 0.3) is 0 Å². The van der Waals surface area contributed by atoms with Crippen molar-refractivity contribution in [3.8, 4) is 5.75 Å². The number of aromatic hydroxyl groups is 1. The molecule has 2 aromatic rings. The quantitative estimate of drug-likeness (QED) is 0.0655. The smallest absolute Gasteiger partial charge is 0.326 e. The second-order valence-electron chi connectivity index (χ2n) is 15.3. The van der Waals surface area contributed by atoms with Gasteiger partial charge in [0.15, 0.2) is 0 Å². The number of nitrogens with zero attached hydrogens (tertiary/aromatic N) is 1. The van der Waals surface area contributed by atoms with Crippen molar-refractivity contribution < 1.29 is 54.0 Å². The number of benzene rings is 2. The Morgan fingerprint density at radius 3 is 1.95 bits per heavy atom. The van der Waals surface area contributed by atoms with Gasteiger partial charge in [-0.05, 0) is 73.8 Å². The maximum absolute atomic E-state index is 13.9. The van der Waals surface area contributed by atoms with E-state index in [-0.39, 0.29) is 50.3 Å². The molecule has 1 aliphatic rings. The second kappa shape index (κ2) is 24.1. The van der Waals surface area contributed by atoms with E-state index in [0.717, 1.165) is 0 Å². The topological polar surface area (TPSA) is 290 Å². The number of aliphatic hydroxyl groups is 2. The summed E-state index contributed by atoms with van der Waals surface area (Å²) in [6.07, 6.45) is 1.21. The van der Waals surface area contributed by atoms with Crippen molar-refractivity contribution in [3.05, 3.63) is 65.7 Å². The fourth-order valence-corrected chi connectivity index (χ4v) is 7.12. The largest absolute Gasteiger partial charge is 0.508 e. The molecule has 8 atom stereocenters. The number of nitrogens with one attached hydrogen (secondary N) is 5. The molecular formula is C41H59N7O11S. The molecule has 2 aromatic carbocycles. The number of aliphatic hydroxyl groups excluding tert-OH is 2. The van der Waals surface area contributed by atoms with Crippen LogP contribution >= 0.6 is 11.8 Å². The van der Waals surface area contributed by atoms with E-state index in [9.17, 15) is 54.0 Å². The molecule has 1 fully saturated rings. The summed E-state index contributed by atoms with van der Waals surface area (Å²) in [7, 11) is 0. The summed E-state index contributed by atoms with van der Waals surface area (Å²) in [4.78, 5) is 95.1. The zero-order valence-electron chi connectivity index (χ0n) is 34.3. The first-order chi connectivity index (χ1) is 28.4. The van der Waals surface area contributed by atoms with Gasteiger partial charge in [0.1, 0.15) is 48.0 Å². The highest BCUT2D eigenvalue weighted by Gasteiger charge is 2.40. The van der Waals surface area contributed by atoms with Crippen LogP contribution in [0.4, 0.5) is 0 Å². The van der Waals surface area contributed by atoms with E-state index in [1.54, 1.807) is 30.3 Å².